The molecule has 0 N–H and O–H groups in total. The summed E-state index contributed by atoms with van der Waals surface area (Å²) in [6, 6.07) is 7.44. The Kier molecular flexibility index (Phi) is 5.55. The van der Waals surface area contributed by atoms with Crippen LogP contribution in [0.15, 0.2) is 60.2 Å². The van der Waals surface area contributed by atoms with Crippen LogP contribution in [0.2, 0.25) is 0 Å². The highest BCUT2D eigenvalue weighted by Gasteiger charge is 2.25. The van der Waals surface area contributed by atoms with E-state index in [1.807, 2.05) is 19.3 Å². The molecular weight excluding hydrogens is 422 g/mol. The van der Waals surface area contributed by atoms with Crippen molar-refractivity contribution in [3.8, 4) is 17.1 Å². The Bertz CT molecular complexity index is 1340. The third kappa shape index (κ3) is 4.45. The molecule has 4 heterocycles. The molecule has 0 saturated carbocycles. The minimum atomic E-state index is -0.209. The molecule has 1 saturated heterocycles. The maximum absolute atomic E-state index is 12.8. The van der Waals surface area contributed by atoms with Crippen molar-refractivity contribution < 1.29 is 9.53 Å². The van der Waals surface area contributed by atoms with E-state index in [0.717, 1.165) is 11.1 Å². The van der Waals surface area contributed by atoms with Crippen LogP contribution in [0, 0.1) is 0 Å². The summed E-state index contributed by atoms with van der Waals surface area (Å²) in [6.07, 6.45) is 9.80. The van der Waals surface area contributed by atoms with Gasteiger partial charge in [-0.15, -0.1) is 0 Å². The van der Waals surface area contributed by atoms with Crippen LogP contribution >= 0.6 is 0 Å². The Balaban J connectivity index is 1.16. The number of carbonyl (C=O) groups is 1. The third-order valence-electron chi connectivity index (χ3n) is 5.77. The van der Waals surface area contributed by atoms with Crippen molar-refractivity contribution in [2.75, 3.05) is 13.1 Å². The van der Waals surface area contributed by atoms with Crippen molar-refractivity contribution >= 4 is 16.8 Å². The predicted molar refractivity (Wildman–Crippen MR) is 120 cm³/mol. The molecule has 33 heavy (non-hydrogen) atoms. The highest BCUT2D eigenvalue weighted by atomic mass is 16.5. The average Bonchev–Trinajstić information content (AvgIpc) is 3.28. The van der Waals surface area contributed by atoms with Gasteiger partial charge in [-0.25, -0.2) is 15.0 Å². The molecule has 4 aromatic rings. The molecule has 0 atom stereocenters. The van der Waals surface area contributed by atoms with Crippen LogP contribution in [0.25, 0.3) is 22.0 Å². The number of hydrogen-bond acceptors (Lipinski definition) is 7. The van der Waals surface area contributed by atoms with Gasteiger partial charge in [0.1, 0.15) is 12.6 Å². The van der Waals surface area contributed by atoms with Crippen molar-refractivity contribution in [2.45, 2.75) is 25.5 Å². The third-order valence-corrected chi connectivity index (χ3v) is 5.77. The molecule has 5 rings (SSSR count). The summed E-state index contributed by atoms with van der Waals surface area (Å²) in [5, 5.41) is 4.66. The summed E-state index contributed by atoms with van der Waals surface area (Å²) < 4.78 is 9.01. The smallest absolute Gasteiger partial charge is 0.316 e. The number of carbonyl (C=O) groups excluding carboxylic acids is 1. The molecule has 10 nitrogen and oxygen atoms in total. The van der Waals surface area contributed by atoms with E-state index < -0.39 is 0 Å². The molecular formula is C23H23N7O3. The van der Waals surface area contributed by atoms with Gasteiger partial charge >= 0.3 is 6.01 Å². The second-order valence-electron chi connectivity index (χ2n) is 8.05. The molecule has 0 unspecified atom stereocenters. The molecule has 0 aliphatic carbocycles. The Morgan fingerprint density at radius 3 is 2.55 bits per heavy atom. The molecule has 0 radical (unpaired) electrons. The zero-order chi connectivity index (χ0) is 22.8. The number of ether oxygens (including phenoxy) is 1. The summed E-state index contributed by atoms with van der Waals surface area (Å²) in [5.74, 6) is -0.107. The zero-order valence-corrected chi connectivity index (χ0v) is 18.2. The van der Waals surface area contributed by atoms with Gasteiger partial charge in [-0.3, -0.25) is 18.8 Å². The number of hydrogen-bond donors (Lipinski definition) is 0. The minimum absolute atomic E-state index is 0.0267. The van der Waals surface area contributed by atoms with Gasteiger partial charge in [-0.2, -0.15) is 5.10 Å². The first-order chi connectivity index (χ1) is 16.1. The van der Waals surface area contributed by atoms with Gasteiger partial charge in [-0.1, -0.05) is 12.1 Å². The van der Waals surface area contributed by atoms with Crippen molar-refractivity contribution in [2.24, 2.45) is 7.05 Å². The van der Waals surface area contributed by atoms with E-state index in [0.29, 0.717) is 42.8 Å². The van der Waals surface area contributed by atoms with E-state index >= 15 is 0 Å². The maximum Gasteiger partial charge on any atom is 0.316 e. The van der Waals surface area contributed by atoms with Gasteiger partial charge in [0, 0.05) is 62.7 Å². The topological polar surface area (TPSA) is 108 Å². The van der Waals surface area contributed by atoms with Crippen molar-refractivity contribution in [3.63, 3.8) is 0 Å². The Morgan fingerprint density at radius 1 is 1.06 bits per heavy atom. The summed E-state index contributed by atoms with van der Waals surface area (Å²) in [7, 11) is 1.86. The SMILES string of the molecule is Cn1cc(-c2cnc(OC3CCN(C(=O)Cn4cnc5ccccc5c4=O)CC3)nc2)cn1. The molecule has 168 valence electrons. The molecule has 1 fully saturated rings. The summed E-state index contributed by atoms with van der Waals surface area (Å²) in [4.78, 5) is 40.0. The van der Waals surface area contributed by atoms with E-state index in [-0.39, 0.29) is 24.1 Å². The largest absolute Gasteiger partial charge is 0.460 e. The second-order valence-corrected chi connectivity index (χ2v) is 8.05. The number of nitrogens with zero attached hydrogens (tertiary/aromatic N) is 7. The van der Waals surface area contributed by atoms with Crippen LogP contribution < -0.4 is 10.3 Å². The highest BCUT2D eigenvalue weighted by Crippen LogP contribution is 2.20. The molecule has 1 aliphatic rings. The van der Waals surface area contributed by atoms with E-state index in [4.69, 9.17) is 4.74 Å². The Labute approximate surface area is 189 Å². The van der Waals surface area contributed by atoms with Crippen molar-refractivity contribution in [1.29, 1.82) is 0 Å². The molecule has 1 amide bonds. The van der Waals surface area contributed by atoms with E-state index in [1.165, 1.54) is 10.9 Å². The molecule has 1 aromatic carbocycles. The fourth-order valence-corrected chi connectivity index (χ4v) is 3.93. The number of para-hydroxylation sites is 1. The zero-order valence-electron chi connectivity index (χ0n) is 18.2. The number of amides is 1. The lowest BCUT2D eigenvalue weighted by atomic mass is 10.1. The van der Waals surface area contributed by atoms with Crippen LogP contribution in [0.5, 0.6) is 6.01 Å². The fraction of sp³-hybridized carbons (Fsp3) is 0.304. The molecule has 3 aromatic heterocycles. The Morgan fingerprint density at radius 2 is 1.82 bits per heavy atom. The number of aromatic nitrogens is 6. The lowest BCUT2D eigenvalue weighted by Crippen LogP contribution is -2.44. The molecule has 0 bridgehead atoms. The number of rotatable bonds is 5. The van der Waals surface area contributed by atoms with Gasteiger partial charge in [0.25, 0.3) is 5.56 Å². The van der Waals surface area contributed by atoms with Crippen LogP contribution in [-0.2, 0) is 18.4 Å². The first-order valence-electron chi connectivity index (χ1n) is 10.8. The predicted octanol–water partition coefficient (Wildman–Crippen LogP) is 1.66. The summed E-state index contributed by atoms with van der Waals surface area (Å²) in [5.41, 5.74) is 2.23. The molecule has 10 heteroatoms. The minimum Gasteiger partial charge on any atom is -0.460 e. The van der Waals surface area contributed by atoms with E-state index in [2.05, 4.69) is 20.1 Å². The molecule has 0 spiro atoms. The van der Waals surface area contributed by atoms with Crippen molar-refractivity contribution in [3.05, 3.63) is 65.7 Å². The van der Waals surface area contributed by atoms with Crippen LogP contribution in [0.1, 0.15) is 12.8 Å². The lowest BCUT2D eigenvalue weighted by Gasteiger charge is -2.31. The monoisotopic (exact) mass is 445 g/mol. The standard InChI is InChI=1S/C23H23N7O3/c1-28-13-17(12-27-28)16-10-24-23(25-11-16)33-18-6-8-29(9-7-18)21(31)14-30-15-26-20-5-3-2-4-19(20)22(30)32/h2-5,10-13,15,18H,6-9,14H2,1H3. The summed E-state index contributed by atoms with van der Waals surface area (Å²) >= 11 is 0. The number of aryl methyl sites for hydroxylation is 1. The van der Waals surface area contributed by atoms with E-state index in [9.17, 15) is 9.59 Å². The highest BCUT2D eigenvalue weighted by molar-refractivity contribution is 5.79. The van der Waals surface area contributed by atoms with Gasteiger partial charge in [0.15, 0.2) is 0 Å². The van der Waals surface area contributed by atoms with Gasteiger partial charge in [0.2, 0.25) is 5.91 Å². The quantitative estimate of drug-likeness (QED) is 0.460. The maximum atomic E-state index is 12.8. The first-order valence-corrected chi connectivity index (χ1v) is 10.8. The van der Waals surface area contributed by atoms with Crippen LogP contribution in [0.3, 0.4) is 0 Å². The lowest BCUT2D eigenvalue weighted by molar-refractivity contribution is -0.133. The van der Waals surface area contributed by atoms with Crippen LogP contribution in [-0.4, -0.2) is 59.3 Å². The molecule has 1 aliphatic heterocycles. The normalized spacial score (nSPS) is 14.5. The second kappa shape index (κ2) is 8.81. The fourth-order valence-electron chi connectivity index (χ4n) is 3.93. The van der Waals surface area contributed by atoms with Crippen molar-refractivity contribution in [1.82, 2.24) is 34.2 Å². The van der Waals surface area contributed by atoms with E-state index in [1.54, 1.807) is 46.4 Å². The van der Waals surface area contributed by atoms with Crippen LogP contribution in [0.4, 0.5) is 0 Å². The Hall–Kier alpha value is -4.08. The number of likely N-dealkylation sites (tertiary alicyclic amines) is 1. The average molecular weight is 445 g/mol. The van der Waals surface area contributed by atoms with Gasteiger partial charge in [-0.05, 0) is 12.1 Å². The van der Waals surface area contributed by atoms with Gasteiger partial charge in [0.05, 0.1) is 23.4 Å². The van der Waals surface area contributed by atoms with Gasteiger partial charge < -0.3 is 9.64 Å². The summed E-state index contributed by atoms with van der Waals surface area (Å²) in [6.45, 7) is 1.07. The number of fused-ring (bicyclic) bond motifs is 1. The number of piperidine rings is 1. The number of benzene rings is 1. The first kappa shape index (κ1) is 20.8.